The molecule has 2 unspecified atom stereocenters. The molecule has 4 heteroatoms. The van der Waals surface area contributed by atoms with Crippen LogP contribution in [0.5, 0.6) is 0 Å². The summed E-state index contributed by atoms with van der Waals surface area (Å²) in [4.78, 5) is 17.9. The van der Waals surface area contributed by atoms with E-state index in [0.29, 0.717) is 18.2 Å². The second kappa shape index (κ2) is 8.23. The number of amides is 1. The molecule has 3 N–H and O–H groups in total. The van der Waals surface area contributed by atoms with Gasteiger partial charge in [-0.3, -0.25) is 4.79 Å². The highest BCUT2D eigenvalue weighted by atomic mass is 16.2. The molecule has 1 aromatic rings. The molecule has 1 aromatic heterocycles. The van der Waals surface area contributed by atoms with E-state index in [-0.39, 0.29) is 6.04 Å². The Kier molecular flexibility index (Phi) is 6.30. The number of hydrogen-bond acceptors (Lipinski definition) is 2. The SMILES string of the molecule is CCCC(CCN)CCC(=O)N1CCCC1c1ccc[nH]1. The number of hydrogen-bond donors (Lipinski definition) is 2. The Bertz CT molecular complexity index is 410. The average Bonchev–Trinajstić information content (AvgIpc) is 3.14. The van der Waals surface area contributed by atoms with Crippen LogP contribution in [-0.2, 0) is 4.79 Å². The molecule has 0 radical (unpaired) electrons. The normalized spacial score (nSPS) is 19.9. The van der Waals surface area contributed by atoms with Crippen LogP contribution in [0, 0.1) is 5.92 Å². The highest BCUT2D eigenvalue weighted by molar-refractivity contribution is 5.77. The van der Waals surface area contributed by atoms with E-state index < -0.39 is 0 Å². The van der Waals surface area contributed by atoms with Crippen molar-refractivity contribution >= 4 is 5.91 Å². The van der Waals surface area contributed by atoms with Gasteiger partial charge in [-0.1, -0.05) is 19.8 Å². The topological polar surface area (TPSA) is 62.1 Å². The molecule has 0 spiro atoms. The van der Waals surface area contributed by atoms with Crippen LogP contribution in [0.2, 0.25) is 0 Å². The van der Waals surface area contributed by atoms with Gasteiger partial charge in [-0.05, 0) is 50.3 Å². The molecular weight excluding hydrogens is 262 g/mol. The number of nitrogens with zero attached hydrogens (tertiary/aromatic N) is 1. The smallest absolute Gasteiger partial charge is 0.223 e. The van der Waals surface area contributed by atoms with Gasteiger partial charge in [0, 0.05) is 24.9 Å². The van der Waals surface area contributed by atoms with Crippen LogP contribution >= 0.6 is 0 Å². The van der Waals surface area contributed by atoms with Crippen LogP contribution in [0.4, 0.5) is 0 Å². The number of aromatic nitrogens is 1. The van der Waals surface area contributed by atoms with E-state index in [9.17, 15) is 4.79 Å². The number of nitrogens with one attached hydrogen (secondary N) is 1. The fraction of sp³-hybridized carbons (Fsp3) is 0.706. The van der Waals surface area contributed by atoms with E-state index in [1.165, 1.54) is 18.5 Å². The fourth-order valence-corrected chi connectivity index (χ4v) is 3.49. The van der Waals surface area contributed by atoms with Crippen molar-refractivity contribution in [3.05, 3.63) is 24.0 Å². The van der Waals surface area contributed by atoms with Crippen LogP contribution in [0.15, 0.2) is 18.3 Å². The summed E-state index contributed by atoms with van der Waals surface area (Å²) in [5.74, 6) is 0.917. The van der Waals surface area contributed by atoms with Crippen molar-refractivity contribution in [1.29, 1.82) is 0 Å². The molecule has 0 bridgehead atoms. The van der Waals surface area contributed by atoms with Gasteiger partial charge in [-0.15, -0.1) is 0 Å². The van der Waals surface area contributed by atoms with Crippen LogP contribution in [0.1, 0.15) is 63.6 Å². The van der Waals surface area contributed by atoms with Crippen LogP contribution in [-0.4, -0.2) is 28.9 Å². The third kappa shape index (κ3) is 4.34. The van der Waals surface area contributed by atoms with Gasteiger partial charge in [0.05, 0.1) is 6.04 Å². The zero-order valence-corrected chi connectivity index (χ0v) is 13.2. The Labute approximate surface area is 128 Å². The zero-order valence-electron chi connectivity index (χ0n) is 13.2. The molecule has 0 aromatic carbocycles. The van der Waals surface area contributed by atoms with Crippen molar-refractivity contribution in [1.82, 2.24) is 9.88 Å². The zero-order chi connectivity index (χ0) is 15.1. The molecule has 118 valence electrons. The number of rotatable bonds is 8. The number of carbonyl (C=O) groups is 1. The van der Waals surface area contributed by atoms with Gasteiger partial charge >= 0.3 is 0 Å². The fourth-order valence-electron chi connectivity index (χ4n) is 3.49. The van der Waals surface area contributed by atoms with E-state index in [1.807, 2.05) is 12.3 Å². The average molecular weight is 291 g/mol. The first-order valence-electron chi connectivity index (χ1n) is 8.39. The summed E-state index contributed by atoms with van der Waals surface area (Å²) >= 11 is 0. The molecule has 0 aliphatic carbocycles. The molecule has 21 heavy (non-hydrogen) atoms. The van der Waals surface area contributed by atoms with Gasteiger partial charge in [-0.2, -0.15) is 0 Å². The van der Waals surface area contributed by atoms with Gasteiger partial charge in [0.1, 0.15) is 0 Å². The largest absolute Gasteiger partial charge is 0.363 e. The number of nitrogens with two attached hydrogens (primary N) is 1. The van der Waals surface area contributed by atoms with Gasteiger partial charge < -0.3 is 15.6 Å². The Balaban J connectivity index is 1.87. The summed E-state index contributed by atoms with van der Waals surface area (Å²) in [7, 11) is 0. The first-order valence-corrected chi connectivity index (χ1v) is 8.39. The molecular formula is C17H29N3O. The molecule has 0 saturated carbocycles. The maximum absolute atomic E-state index is 12.5. The quantitative estimate of drug-likeness (QED) is 0.772. The van der Waals surface area contributed by atoms with E-state index in [1.54, 1.807) is 0 Å². The second-order valence-corrected chi connectivity index (χ2v) is 6.14. The highest BCUT2D eigenvalue weighted by Gasteiger charge is 2.30. The number of likely N-dealkylation sites (tertiary alicyclic amines) is 1. The van der Waals surface area contributed by atoms with E-state index >= 15 is 0 Å². The summed E-state index contributed by atoms with van der Waals surface area (Å²) in [6.45, 7) is 3.83. The Morgan fingerprint density at radius 2 is 2.33 bits per heavy atom. The Morgan fingerprint density at radius 1 is 1.48 bits per heavy atom. The monoisotopic (exact) mass is 291 g/mol. The molecule has 1 aliphatic heterocycles. The molecule has 1 aliphatic rings. The van der Waals surface area contributed by atoms with E-state index in [4.69, 9.17) is 5.73 Å². The van der Waals surface area contributed by atoms with E-state index in [2.05, 4.69) is 22.9 Å². The van der Waals surface area contributed by atoms with Crippen LogP contribution < -0.4 is 5.73 Å². The molecule has 1 saturated heterocycles. The molecule has 1 amide bonds. The Morgan fingerprint density at radius 3 is 3.00 bits per heavy atom. The number of H-pyrrole nitrogens is 1. The van der Waals surface area contributed by atoms with Crippen molar-refractivity contribution < 1.29 is 4.79 Å². The summed E-state index contributed by atoms with van der Waals surface area (Å²) in [5, 5.41) is 0. The second-order valence-electron chi connectivity index (χ2n) is 6.14. The van der Waals surface area contributed by atoms with E-state index in [0.717, 1.165) is 38.8 Å². The summed E-state index contributed by atoms with van der Waals surface area (Å²) in [6.07, 6.45) is 9.18. The Hall–Kier alpha value is -1.29. The third-order valence-corrected chi connectivity index (χ3v) is 4.59. The summed E-state index contributed by atoms with van der Waals surface area (Å²) in [6, 6.07) is 4.35. The van der Waals surface area contributed by atoms with Crippen molar-refractivity contribution in [2.45, 2.75) is 57.9 Å². The van der Waals surface area contributed by atoms with Crippen molar-refractivity contribution in [3.8, 4) is 0 Å². The van der Waals surface area contributed by atoms with Gasteiger partial charge in [0.15, 0.2) is 0 Å². The molecule has 2 heterocycles. The minimum atomic E-state index is 0.256. The first-order chi connectivity index (χ1) is 10.3. The van der Waals surface area contributed by atoms with Crippen LogP contribution in [0.3, 0.4) is 0 Å². The number of carbonyl (C=O) groups excluding carboxylic acids is 1. The molecule has 4 nitrogen and oxygen atoms in total. The maximum Gasteiger partial charge on any atom is 0.223 e. The first kappa shape index (κ1) is 16.1. The summed E-state index contributed by atoms with van der Waals surface area (Å²) in [5.41, 5.74) is 6.85. The van der Waals surface area contributed by atoms with Crippen molar-refractivity contribution in [2.75, 3.05) is 13.1 Å². The van der Waals surface area contributed by atoms with Gasteiger partial charge in [0.25, 0.3) is 0 Å². The maximum atomic E-state index is 12.5. The van der Waals surface area contributed by atoms with Gasteiger partial charge in [0.2, 0.25) is 5.91 Å². The van der Waals surface area contributed by atoms with Crippen molar-refractivity contribution in [3.63, 3.8) is 0 Å². The lowest BCUT2D eigenvalue weighted by Crippen LogP contribution is -2.31. The molecule has 1 fully saturated rings. The predicted molar refractivity (Wildman–Crippen MR) is 85.8 cm³/mol. The van der Waals surface area contributed by atoms with Crippen LogP contribution in [0.25, 0.3) is 0 Å². The third-order valence-electron chi connectivity index (χ3n) is 4.59. The lowest BCUT2D eigenvalue weighted by Gasteiger charge is -2.25. The van der Waals surface area contributed by atoms with Crippen molar-refractivity contribution in [2.24, 2.45) is 11.7 Å². The molecule has 2 rings (SSSR count). The summed E-state index contributed by atoms with van der Waals surface area (Å²) < 4.78 is 0. The highest BCUT2D eigenvalue weighted by Crippen LogP contribution is 2.32. The minimum Gasteiger partial charge on any atom is -0.363 e. The lowest BCUT2D eigenvalue weighted by molar-refractivity contribution is -0.132. The lowest BCUT2D eigenvalue weighted by atomic mass is 9.94. The van der Waals surface area contributed by atoms with Gasteiger partial charge in [-0.25, -0.2) is 0 Å². The number of aromatic amines is 1. The standard InChI is InChI=1S/C17H29N3O/c1-2-5-14(10-11-18)8-9-17(21)20-13-4-7-16(20)15-6-3-12-19-15/h3,6,12,14,16,19H,2,4-5,7-11,13,18H2,1H3. The molecule has 2 atom stereocenters. The minimum absolute atomic E-state index is 0.256. The predicted octanol–water partition coefficient (Wildman–Crippen LogP) is 3.22.